The lowest BCUT2D eigenvalue weighted by Gasteiger charge is -2.14. The third-order valence-corrected chi connectivity index (χ3v) is 6.30. The Balaban J connectivity index is 1.50. The summed E-state index contributed by atoms with van der Waals surface area (Å²) in [6.45, 7) is 7.80. The second-order valence-corrected chi connectivity index (χ2v) is 9.18. The van der Waals surface area contributed by atoms with Crippen LogP contribution in [-0.2, 0) is 4.74 Å². The summed E-state index contributed by atoms with van der Waals surface area (Å²) >= 11 is 0. The van der Waals surface area contributed by atoms with Gasteiger partial charge in [0.2, 0.25) is 0 Å². The third kappa shape index (κ3) is 5.85. The summed E-state index contributed by atoms with van der Waals surface area (Å²) in [7, 11) is 0. The van der Waals surface area contributed by atoms with E-state index in [1.165, 1.54) is 0 Å². The molecule has 1 aromatic heterocycles. The fourth-order valence-corrected chi connectivity index (χ4v) is 4.36. The highest BCUT2D eigenvalue weighted by Gasteiger charge is 2.37. The minimum absolute atomic E-state index is 0.0503. The standard InChI is InChI=1S/C29H32N6O3/c1-4-6-26-29(38-26)32-20-8-5-7-19(16-20)27-33-25-12-10-22(37-14-13-36)17-23(25)28(34-27)31-21-9-11-24(35-30-3)18(2)15-21/h5,7-12,15-17,26,29,32,35-36H,3-4,6,13-14H2,1-2H3,(H,31,33,34). The second kappa shape index (κ2) is 11.5. The van der Waals surface area contributed by atoms with Crippen LogP contribution in [-0.4, -0.2) is 47.3 Å². The van der Waals surface area contributed by atoms with E-state index in [9.17, 15) is 5.11 Å². The van der Waals surface area contributed by atoms with Crippen LogP contribution in [0.2, 0.25) is 0 Å². The molecule has 0 saturated carbocycles. The zero-order valence-corrected chi connectivity index (χ0v) is 21.6. The average molecular weight is 513 g/mol. The predicted octanol–water partition coefficient (Wildman–Crippen LogP) is 5.68. The number of aromatic nitrogens is 2. The van der Waals surface area contributed by atoms with Crippen molar-refractivity contribution in [2.75, 3.05) is 29.3 Å². The molecule has 1 saturated heterocycles. The predicted molar refractivity (Wildman–Crippen MR) is 152 cm³/mol. The molecule has 4 aromatic rings. The molecule has 2 heterocycles. The lowest BCUT2D eigenvalue weighted by Crippen LogP contribution is -2.07. The van der Waals surface area contributed by atoms with E-state index >= 15 is 0 Å². The molecule has 9 nitrogen and oxygen atoms in total. The van der Waals surface area contributed by atoms with E-state index in [1.54, 1.807) is 0 Å². The Morgan fingerprint density at radius 2 is 1.97 bits per heavy atom. The summed E-state index contributed by atoms with van der Waals surface area (Å²) in [6.07, 6.45) is 2.46. The number of nitrogens with zero attached hydrogens (tertiary/aromatic N) is 3. The number of rotatable bonds is 12. The van der Waals surface area contributed by atoms with Gasteiger partial charge in [-0.05, 0) is 67.4 Å². The van der Waals surface area contributed by atoms with Gasteiger partial charge in [-0.25, -0.2) is 9.97 Å². The van der Waals surface area contributed by atoms with Gasteiger partial charge in [-0.3, -0.25) is 5.43 Å². The number of anilines is 4. The van der Waals surface area contributed by atoms with E-state index in [2.05, 4.69) is 34.8 Å². The largest absolute Gasteiger partial charge is 0.491 e. The number of ether oxygens (including phenoxy) is 2. The van der Waals surface area contributed by atoms with Gasteiger partial charge in [-0.15, -0.1) is 0 Å². The molecule has 1 aliphatic heterocycles. The third-order valence-electron chi connectivity index (χ3n) is 6.30. The Kier molecular flexibility index (Phi) is 7.67. The molecule has 1 fully saturated rings. The summed E-state index contributed by atoms with van der Waals surface area (Å²) in [5.74, 6) is 1.88. The minimum atomic E-state index is -0.0622. The van der Waals surface area contributed by atoms with Gasteiger partial charge < -0.3 is 25.2 Å². The first kappa shape index (κ1) is 25.4. The van der Waals surface area contributed by atoms with Crippen LogP contribution in [0.5, 0.6) is 5.75 Å². The first-order valence-electron chi connectivity index (χ1n) is 12.7. The topological polar surface area (TPSA) is 116 Å². The molecule has 2 atom stereocenters. The highest BCUT2D eigenvalue weighted by Crippen LogP contribution is 2.33. The Labute approximate surface area is 221 Å². The molecule has 5 rings (SSSR count). The minimum Gasteiger partial charge on any atom is -0.491 e. The normalized spacial score (nSPS) is 16.2. The fraction of sp³-hybridized carbons (Fsp3) is 0.276. The van der Waals surface area contributed by atoms with Crippen molar-refractivity contribution in [3.8, 4) is 17.1 Å². The number of aliphatic hydroxyl groups is 1. The SMILES string of the molecule is C=NNc1ccc(Nc2nc(-c3cccc(NC4OC4CCC)c3)nc3ccc(OCCO)cc23)cc1C. The summed E-state index contributed by atoms with van der Waals surface area (Å²) in [5, 5.41) is 20.6. The fourth-order valence-electron chi connectivity index (χ4n) is 4.36. The van der Waals surface area contributed by atoms with Crippen molar-refractivity contribution in [3.63, 3.8) is 0 Å². The van der Waals surface area contributed by atoms with Gasteiger partial charge in [0.05, 0.1) is 17.8 Å². The number of hydrogen-bond acceptors (Lipinski definition) is 9. The van der Waals surface area contributed by atoms with Crippen molar-refractivity contribution in [1.29, 1.82) is 0 Å². The zero-order chi connectivity index (χ0) is 26.5. The first-order chi connectivity index (χ1) is 18.6. The highest BCUT2D eigenvalue weighted by atomic mass is 16.6. The number of hydrazone groups is 1. The van der Waals surface area contributed by atoms with Crippen LogP contribution >= 0.6 is 0 Å². The van der Waals surface area contributed by atoms with Gasteiger partial charge in [-0.2, -0.15) is 5.10 Å². The van der Waals surface area contributed by atoms with Crippen LogP contribution in [0.25, 0.3) is 22.3 Å². The molecule has 1 aliphatic rings. The van der Waals surface area contributed by atoms with Crippen LogP contribution < -0.4 is 20.8 Å². The second-order valence-electron chi connectivity index (χ2n) is 9.18. The monoisotopic (exact) mass is 512 g/mol. The van der Waals surface area contributed by atoms with E-state index in [-0.39, 0.29) is 25.5 Å². The zero-order valence-electron chi connectivity index (χ0n) is 21.6. The summed E-state index contributed by atoms with van der Waals surface area (Å²) in [4.78, 5) is 9.79. The molecule has 0 amide bonds. The number of epoxide rings is 1. The lowest BCUT2D eigenvalue weighted by atomic mass is 10.1. The van der Waals surface area contributed by atoms with Gasteiger partial charge in [0.25, 0.3) is 0 Å². The van der Waals surface area contributed by atoms with Crippen LogP contribution in [0.1, 0.15) is 25.3 Å². The summed E-state index contributed by atoms with van der Waals surface area (Å²) in [6, 6.07) is 19.6. The van der Waals surface area contributed by atoms with Crippen molar-refractivity contribution in [2.45, 2.75) is 39.0 Å². The van der Waals surface area contributed by atoms with E-state index in [4.69, 9.17) is 19.4 Å². The van der Waals surface area contributed by atoms with Gasteiger partial charge in [0, 0.05) is 29.0 Å². The first-order valence-corrected chi connectivity index (χ1v) is 12.7. The molecular weight excluding hydrogens is 480 g/mol. The molecule has 38 heavy (non-hydrogen) atoms. The number of aliphatic hydroxyl groups excluding tert-OH is 1. The number of benzene rings is 3. The number of hydrogen-bond donors (Lipinski definition) is 4. The Morgan fingerprint density at radius 3 is 2.76 bits per heavy atom. The molecular formula is C29H32N6O3. The van der Waals surface area contributed by atoms with Gasteiger partial charge in [0.1, 0.15) is 24.3 Å². The van der Waals surface area contributed by atoms with Crippen LogP contribution in [0.15, 0.2) is 65.8 Å². The summed E-state index contributed by atoms with van der Waals surface area (Å²) in [5.41, 5.74) is 8.28. The maximum absolute atomic E-state index is 9.17. The molecule has 0 bridgehead atoms. The lowest BCUT2D eigenvalue weighted by molar-refractivity contribution is 0.201. The molecule has 196 valence electrons. The Morgan fingerprint density at radius 1 is 1.08 bits per heavy atom. The number of nitrogens with one attached hydrogen (secondary N) is 3. The van der Waals surface area contributed by atoms with Crippen molar-refractivity contribution in [2.24, 2.45) is 5.10 Å². The van der Waals surface area contributed by atoms with Crippen LogP contribution in [0.4, 0.5) is 22.9 Å². The number of aryl methyl sites for hydroxylation is 1. The molecule has 0 spiro atoms. The maximum Gasteiger partial charge on any atom is 0.162 e. The molecule has 4 N–H and O–H groups in total. The summed E-state index contributed by atoms with van der Waals surface area (Å²) < 4.78 is 11.4. The molecule has 0 radical (unpaired) electrons. The molecule has 3 aromatic carbocycles. The van der Waals surface area contributed by atoms with Crippen LogP contribution in [0, 0.1) is 6.92 Å². The highest BCUT2D eigenvalue weighted by molar-refractivity contribution is 5.93. The average Bonchev–Trinajstić information content (AvgIpc) is 3.66. The Bertz CT molecular complexity index is 1440. The smallest absolute Gasteiger partial charge is 0.162 e. The van der Waals surface area contributed by atoms with Crippen molar-refractivity contribution in [1.82, 2.24) is 9.97 Å². The Hall–Kier alpha value is -4.21. The van der Waals surface area contributed by atoms with E-state index in [0.29, 0.717) is 17.4 Å². The molecule has 9 heteroatoms. The number of fused-ring (bicyclic) bond motifs is 1. The van der Waals surface area contributed by atoms with Gasteiger partial charge in [-0.1, -0.05) is 25.5 Å². The molecule has 0 aliphatic carbocycles. The molecule has 2 unspecified atom stereocenters. The van der Waals surface area contributed by atoms with E-state index in [1.807, 2.05) is 67.6 Å². The van der Waals surface area contributed by atoms with Gasteiger partial charge in [0.15, 0.2) is 12.1 Å². The van der Waals surface area contributed by atoms with E-state index in [0.717, 1.165) is 51.9 Å². The maximum atomic E-state index is 9.17. The van der Waals surface area contributed by atoms with Crippen molar-refractivity contribution < 1.29 is 14.6 Å². The van der Waals surface area contributed by atoms with Gasteiger partial charge >= 0.3 is 0 Å². The van der Waals surface area contributed by atoms with Crippen LogP contribution in [0.3, 0.4) is 0 Å². The van der Waals surface area contributed by atoms with E-state index < -0.39 is 0 Å². The quantitative estimate of drug-likeness (QED) is 0.109. The van der Waals surface area contributed by atoms with Crippen molar-refractivity contribution >= 4 is 40.5 Å². The van der Waals surface area contributed by atoms with Crippen molar-refractivity contribution in [3.05, 3.63) is 66.2 Å².